The van der Waals surface area contributed by atoms with Gasteiger partial charge in [-0.05, 0) is 20.8 Å². The van der Waals surface area contributed by atoms with Crippen LogP contribution in [0, 0.1) is 0 Å². The number of ether oxygens (including phenoxy) is 1. The van der Waals surface area contributed by atoms with E-state index in [1.165, 1.54) is 0 Å². The van der Waals surface area contributed by atoms with Crippen LogP contribution in [0.15, 0.2) is 0 Å². The molecule has 9 nitrogen and oxygen atoms in total. The quantitative estimate of drug-likeness (QED) is 0.676. The number of aromatic amines is 1. The van der Waals surface area contributed by atoms with Crippen molar-refractivity contribution < 1.29 is 19.4 Å². The Morgan fingerprint density at radius 1 is 1.50 bits per heavy atom. The number of aromatic nitrogens is 4. The molecule has 1 aromatic heterocycles. The van der Waals surface area contributed by atoms with E-state index in [0.29, 0.717) is 0 Å². The minimum atomic E-state index is -1.20. The van der Waals surface area contributed by atoms with E-state index in [0.717, 1.165) is 0 Å². The van der Waals surface area contributed by atoms with Crippen molar-refractivity contribution in [3.8, 4) is 0 Å². The van der Waals surface area contributed by atoms with Gasteiger partial charge < -0.3 is 15.2 Å². The maximum atomic E-state index is 11.4. The normalized spacial score (nSPS) is 12.8. The first-order valence-electron chi connectivity index (χ1n) is 5.22. The Kier molecular flexibility index (Phi) is 4.18. The van der Waals surface area contributed by atoms with Gasteiger partial charge >= 0.3 is 12.1 Å². The molecule has 0 aromatic carbocycles. The van der Waals surface area contributed by atoms with Gasteiger partial charge in [-0.25, -0.2) is 9.59 Å². The predicted octanol–water partition coefficient (Wildman–Crippen LogP) is -0.280. The van der Waals surface area contributed by atoms with Gasteiger partial charge in [0.15, 0.2) is 5.82 Å². The molecule has 0 saturated heterocycles. The molecule has 0 bridgehead atoms. The second kappa shape index (κ2) is 5.43. The number of carboxylic acid groups (broad SMARTS) is 1. The number of tetrazole rings is 1. The first-order valence-corrected chi connectivity index (χ1v) is 5.22. The second-order valence-electron chi connectivity index (χ2n) is 4.57. The van der Waals surface area contributed by atoms with Crippen LogP contribution in [0.25, 0.3) is 0 Å². The molecule has 1 heterocycles. The fraction of sp³-hybridized carbons (Fsp3) is 0.667. The summed E-state index contributed by atoms with van der Waals surface area (Å²) in [6, 6.07) is -1.17. The molecule has 0 unspecified atom stereocenters. The molecule has 9 heteroatoms. The maximum Gasteiger partial charge on any atom is 0.408 e. The Morgan fingerprint density at radius 3 is 2.61 bits per heavy atom. The molecule has 0 saturated carbocycles. The van der Waals surface area contributed by atoms with Crippen molar-refractivity contribution in [1.82, 2.24) is 25.9 Å². The molecule has 0 spiro atoms. The SMILES string of the molecule is CC(C)(C)OC(=O)N[C@H](Cc1nn[nH]n1)C(=O)O. The van der Waals surface area contributed by atoms with Crippen LogP contribution in [-0.2, 0) is 16.0 Å². The number of aliphatic carboxylic acids is 1. The van der Waals surface area contributed by atoms with E-state index in [-0.39, 0.29) is 12.2 Å². The number of hydrogen-bond donors (Lipinski definition) is 3. The van der Waals surface area contributed by atoms with Crippen LogP contribution in [0.2, 0.25) is 0 Å². The van der Waals surface area contributed by atoms with Crippen LogP contribution < -0.4 is 5.32 Å². The zero-order chi connectivity index (χ0) is 13.8. The predicted molar refractivity (Wildman–Crippen MR) is 58.7 cm³/mol. The van der Waals surface area contributed by atoms with Gasteiger partial charge in [-0.15, -0.1) is 10.2 Å². The molecule has 0 radical (unpaired) electrons. The van der Waals surface area contributed by atoms with Crippen LogP contribution in [0.1, 0.15) is 26.6 Å². The third-order valence-electron chi connectivity index (χ3n) is 1.76. The van der Waals surface area contributed by atoms with Gasteiger partial charge in [0.05, 0.1) is 0 Å². The molecule has 0 aliphatic carbocycles. The monoisotopic (exact) mass is 257 g/mol. The first-order chi connectivity index (χ1) is 8.28. The lowest BCUT2D eigenvalue weighted by molar-refractivity contribution is -0.139. The van der Waals surface area contributed by atoms with Crippen molar-refractivity contribution in [3.05, 3.63) is 5.82 Å². The molecule has 1 atom stereocenters. The van der Waals surface area contributed by atoms with Crippen molar-refractivity contribution in [2.75, 3.05) is 0 Å². The van der Waals surface area contributed by atoms with E-state index >= 15 is 0 Å². The molecule has 0 aliphatic heterocycles. The molecular weight excluding hydrogens is 242 g/mol. The van der Waals surface area contributed by atoms with E-state index < -0.39 is 23.7 Å². The maximum absolute atomic E-state index is 11.4. The summed E-state index contributed by atoms with van der Waals surface area (Å²) in [5.74, 6) is -1.01. The van der Waals surface area contributed by atoms with Gasteiger partial charge in [-0.3, -0.25) is 0 Å². The molecule has 1 rings (SSSR count). The fourth-order valence-electron chi connectivity index (χ4n) is 1.10. The molecule has 1 aromatic rings. The zero-order valence-electron chi connectivity index (χ0n) is 10.3. The smallest absolute Gasteiger partial charge is 0.408 e. The van der Waals surface area contributed by atoms with Crippen LogP contribution >= 0.6 is 0 Å². The van der Waals surface area contributed by atoms with Gasteiger partial charge in [-0.1, -0.05) is 5.21 Å². The highest BCUT2D eigenvalue weighted by molar-refractivity contribution is 5.80. The van der Waals surface area contributed by atoms with Crippen LogP contribution in [0.4, 0.5) is 4.79 Å². The molecule has 1 amide bonds. The summed E-state index contributed by atoms with van der Waals surface area (Å²) in [4.78, 5) is 22.4. The number of nitrogens with zero attached hydrogens (tertiary/aromatic N) is 3. The summed E-state index contributed by atoms with van der Waals surface area (Å²) in [5.41, 5.74) is -0.695. The van der Waals surface area contributed by atoms with Crippen molar-refractivity contribution in [1.29, 1.82) is 0 Å². The minimum absolute atomic E-state index is 0.0783. The topological polar surface area (TPSA) is 130 Å². The fourth-order valence-corrected chi connectivity index (χ4v) is 1.10. The number of carbonyl (C=O) groups is 2. The van der Waals surface area contributed by atoms with E-state index in [1.807, 2.05) is 0 Å². The van der Waals surface area contributed by atoms with Crippen LogP contribution in [0.5, 0.6) is 0 Å². The van der Waals surface area contributed by atoms with E-state index in [2.05, 4.69) is 25.9 Å². The summed E-state index contributed by atoms with van der Waals surface area (Å²) in [7, 11) is 0. The molecule has 3 N–H and O–H groups in total. The van der Waals surface area contributed by atoms with E-state index in [9.17, 15) is 9.59 Å². The Bertz CT molecular complexity index is 411. The van der Waals surface area contributed by atoms with E-state index in [4.69, 9.17) is 9.84 Å². The third kappa shape index (κ3) is 4.76. The molecular formula is C9H15N5O4. The highest BCUT2D eigenvalue weighted by Crippen LogP contribution is 2.07. The number of carboxylic acids is 1. The highest BCUT2D eigenvalue weighted by Gasteiger charge is 2.25. The van der Waals surface area contributed by atoms with Gasteiger partial charge in [0.2, 0.25) is 0 Å². The van der Waals surface area contributed by atoms with Gasteiger partial charge in [0.25, 0.3) is 0 Å². The largest absolute Gasteiger partial charge is 0.480 e. The number of hydrogen-bond acceptors (Lipinski definition) is 6. The van der Waals surface area contributed by atoms with Gasteiger partial charge in [0.1, 0.15) is 11.6 Å². The number of alkyl carbamates (subject to hydrolysis) is 1. The molecule has 18 heavy (non-hydrogen) atoms. The Balaban J connectivity index is 2.58. The average Bonchev–Trinajstić information content (AvgIpc) is 2.66. The van der Waals surface area contributed by atoms with Crippen molar-refractivity contribution in [2.45, 2.75) is 38.8 Å². The molecule has 0 aliphatic rings. The Hall–Kier alpha value is -2.19. The summed E-state index contributed by atoms with van der Waals surface area (Å²) >= 11 is 0. The lowest BCUT2D eigenvalue weighted by atomic mass is 10.2. The van der Waals surface area contributed by atoms with Crippen molar-refractivity contribution in [2.24, 2.45) is 0 Å². The number of nitrogens with one attached hydrogen (secondary N) is 2. The molecule has 100 valence electrons. The number of carbonyl (C=O) groups excluding carboxylic acids is 1. The van der Waals surface area contributed by atoms with Crippen molar-refractivity contribution in [3.63, 3.8) is 0 Å². The Morgan fingerprint density at radius 2 is 2.17 bits per heavy atom. The zero-order valence-corrected chi connectivity index (χ0v) is 10.3. The van der Waals surface area contributed by atoms with Gasteiger partial charge in [-0.2, -0.15) is 5.21 Å². The highest BCUT2D eigenvalue weighted by atomic mass is 16.6. The number of amides is 1. The Labute approximate surface area is 103 Å². The summed E-state index contributed by atoms with van der Waals surface area (Å²) in [6.07, 6.45) is -0.885. The summed E-state index contributed by atoms with van der Waals surface area (Å²) in [6.45, 7) is 5.05. The van der Waals surface area contributed by atoms with E-state index in [1.54, 1.807) is 20.8 Å². The van der Waals surface area contributed by atoms with Crippen molar-refractivity contribution >= 4 is 12.1 Å². The average molecular weight is 257 g/mol. The van der Waals surface area contributed by atoms with Crippen LogP contribution in [0.3, 0.4) is 0 Å². The third-order valence-corrected chi connectivity index (χ3v) is 1.76. The van der Waals surface area contributed by atoms with Crippen LogP contribution in [-0.4, -0.2) is 49.4 Å². The number of H-pyrrole nitrogens is 1. The first kappa shape index (κ1) is 13.9. The summed E-state index contributed by atoms with van der Waals surface area (Å²) < 4.78 is 4.96. The minimum Gasteiger partial charge on any atom is -0.480 e. The molecule has 0 fully saturated rings. The second-order valence-corrected chi connectivity index (χ2v) is 4.57. The summed E-state index contributed by atoms with van der Waals surface area (Å²) in [5, 5.41) is 23.9. The lowest BCUT2D eigenvalue weighted by Gasteiger charge is -2.21. The standard InChI is InChI=1S/C9H15N5O4/c1-9(2,3)18-8(17)10-5(7(15)16)4-6-11-13-14-12-6/h5H,4H2,1-3H3,(H,10,17)(H,15,16)(H,11,12,13,14)/t5-/m1/s1. The van der Waals surface area contributed by atoms with Gasteiger partial charge in [0, 0.05) is 6.42 Å². The lowest BCUT2D eigenvalue weighted by Crippen LogP contribution is -2.44. The number of rotatable bonds is 4.